The van der Waals surface area contributed by atoms with Gasteiger partial charge in [-0.25, -0.2) is 15.0 Å². The summed E-state index contributed by atoms with van der Waals surface area (Å²) in [6.45, 7) is 0. The summed E-state index contributed by atoms with van der Waals surface area (Å²) in [6.07, 6.45) is 11.5. The maximum Gasteiger partial charge on any atom is 0.163 e. The Hall–Kier alpha value is -7.26. The predicted molar refractivity (Wildman–Crippen MR) is 199 cm³/mol. The van der Waals surface area contributed by atoms with E-state index < -0.39 is 0 Å². The van der Waals surface area contributed by atoms with Crippen LogP contribution in [0.4, 0.5) is 0 Å². The van der Waals surface area contributed by atoms with Crippen LogP contribution in [0.1, 0.15) is 0 Å². The number of hydrogen-bond acceptors (Lipinski definition) is 6. The van der Waals surface area contributed by atoms with Crippen LogP contribution in [0.5, 0.6) is 0 Å². The van der Waals surface area contributed by atoms with E-state index in [-0.39, 0.29) is 0 Å². The first kappa shape index (κ1) is 28.7. The quantitative estimate of drug-likeness (QED) is 0.178. The first-order valence-corrected chi connectivity index (χ1v) is 16.6. The number of imidazole rings is 3. The molecule has 9 heteroatoms. The summed E-state index contributed by atoms with van der Waals surface area (Å²) in [5.41, 5.74) is 10.6. The van der Waals surface area contributed by atoms with Gasteiger partial charge in [-0.05, 0) is 91.0 Å². The average molecular weight is 658 g/mol. The second kappa shape index (κ2) is 11.7. The number of nitrogens with zero attached hydrogens (tertiary/aromatic N) is 9. The van der Waals surface area contributed by atoms with Crippen LogP contribution in [0.2, 0.25) is 0 Å². The lowest BCUT2D eigenvalue weighted by Crippen LogP contribution is -1.90. The van der Waals surface area contributed by atoms with Gasteiger partial charge in [-0.15, -0.1) is 0 Å². The van der Waals surface area contributed by atoms with Gasteiger partial charge >= 0.3 is 0 Å². The zero-order chi connectivity index (χ0) is 33.7. The maximum absolute atomic E-state index is 5.26. The van der Waals surface area contributed by atoms with E-state index in [2.05, 4.69) is 64.6 Å². The molecular weight excluding hydrogens is 631 g/mol. The maximum atomic E-state index is 5.26. The van der Waals surface area contributed by atoms with Gasteiger partial charge in [0.25, 0.3) is 0 Å². The van der Waals surface area contributed by atoms with Crippen molar-refractivity contribution in [3.05, 3.63) is 165 Å². The molecule has 0 bridgehead atoms. The minimum atomic E-state index is 0.767. The number of pyridine rings is 6. The Bertz CT molecular complexity index is 2530. The Balaban J connectivity index is 1.26. The number of benzene rings is 1. The number of rotatable bonds is 6. The summed E-state index contributed by atoms with van der Waals surface area (Å²) in [5.74, 6) is 2.30. The molecule has 0 aliphatic heterocycles. The minimum Gasteiger partial charge on any atom is -0.298 e. The van der Waals surface area contributed by atoms with Crippen molar-refractivity contribution in [1.29, 1.82) is 0 Å². The molecule has 0 radical (unpaired) electrons. The molecule has 0 saturated carbocycles. The van der Waals surface area contributed by atoms with Crippen LogP contribution in [0.25, 0.3) is 84.9 Å². The lowest BCUT2D eigenvalue weighted by atomic mass is 9.98. The fourth-order valence-corrected chi connectivity index (χ4v) is 6.82. The number of hydrogen-bond donors (Lipinski definition) is 0. The van der Waals surface area contributed by atoms with Gasteiger partial charge in [-0.1, -0.05) is 36.4 Å². The molecule has 0 amide bonds. The van der Waals surface area contributed by atoms with Gasteiger partial charge in [-0.2, -0.15) is 0 Å². The van der Waals surface area contributed by atoms with Gasteiger partial charge in [-0.3, -0.25) is 28.2 Å². The van der Waals surface area contributed by atoms with Gasteiger partial charge in [0.1, 0.15) is 17.1 Å². The van der Waals surface area contributed by atoms with E-state index in [4.69, 9.17) is 15.0 Å². The Morgan fingerprint density at radius 3 is 0.941 bits per heavy atom. The molecule has 0 N–H and O–H groups in total. The van der Waals surface area contributed by atoms with Crippen LogP contribution in [0, 0.1) is 0 Å². The van der Waals surface area contributed by atoms with Gasteiger partial charge in [0.05, 0.1) is 33.6 Å². The Labute approximate surface area is 291 Å². The third-order valence-corrected chi connectivity index (χ3v) is 9.08. The molecule has 10 rings (SSSR count). The summed E-state index contributed by atoms with van der Waals surface area (Å²) in [4.78, 5) is 29.7. The third kappa shape index (κ3) is 4.79. The second-order valence-electron chi connectivity index (χ2n) is 12.2. The van der Waals surface area contributed by atoms with Crippen LogP contribution < -0.4 is 0 Å². The molecule has 1 aromatic carbocycles. The highest BCUT2D eigenvalue weighted by atomic mass is 15.1. The van der Waals surface area contributed by atoms with Crippen LogP contribution in [0.15, 0.2) is 165 Å². The van der Waals surface area contributed by atoms with E-state index in [0.717, 1.165) is 84.9 Å². The van der Waals surface area contributed by atoms with Gasteiger partial charge < -0.3 is 0 Å². The van der Waals surface area contributed by atoms with Crippen molar-refractivity contribution < 1.29 is 0 Å². The lowest BCUT2D eigenvalue weighted by molar-refractivity contribution is 1.13. The van der Waals surface area contributed by atoms with Crippen LogP contribution in [0.3, 0.4) is 0 Å². The van der Waals surface area contributed by atoms with E-state index in [1.807, 2.05) is 110 Å². The van der Waals surface area contributed by atoms with E-state index in [9.17, 15) is 0 Å². The first-order valence-electron chi connectivity index (χ1n) is 16.6. The molecule has 0 aliphatic rings. The Morgan fingerprint density at radius 2 is 0.647 bits per heavy atom. The highest BCUT2D eigenvalue weighted by Gasteiger charge is 2.22. The van der Waals surface area contributed by atoms with Gasteiger partial charge in [0.15, 0.2) is 17.5 Å². The molecule has 0 aliphatic carbocycles. The van der Waals surface area contributed by atoms with Crippen LogP contribution >= 0.6 is 0 Å². The number of aromatic nitrogens is 9. The minimum absolute atomic E-state index is 0.767. The highest BCUT2D eigenvalue weighted by Crippen LogP contribution is 2.39. The molecule has 10 aromatic rings. The molecule has 0 fully saturated rings. The molecular formula is C42H27N9. The Morgan fingerprint density at radius 1 is 0.333 bits per heavy atom. The van der Waals surface area contributed by atoms with Crippen molar-refractivity contribution in [1.82, 2.24) is 43.1 Å². The van der Waals surface area contributed by atoms with Gasteiger partial charge in [0.2, 0.25) is 0 Å². The zero-order valence-electron chi connectivity index (χ0n) is 27.1. The summed E-state index contributed by atoms with van der Waals surface area (Å²) in [5, 5.41) is 0. The first-order chi connectivity index (χ1) is 25.3. The molecule has 9 heterocycles. The summed E-state index contributed by atoms with van der Waals surface area (Å²) in [6, 6.07) is 42.6. The van der Waals surface area contributed by atoms with Crippen molar-refractivity contribution in [3.63, 3.8) is 0 Å². The normalized spacial score (nSPS) is 11.5. The molecule has 240 valence electrons. The van der Waals surface area contributed by atoms with Crippen molar-refractivity contribution >= 4 is 16.6 Å². The summed E-state index contributed by atoms with van der Waals surface area (Å²) < 4.78 is 6.29. The lowest BCUT2D eigenvalue weighted by Gasteiger charge is -2.08. The molecule has 0 unspecified atom stereocenters. The van der Waals surface area contributed by atoms with Crippen molar-refractivity contribution in [2.24, 2.45) is 0 Å². The van der Waals surface area contributed by atoms with E-state index in [1.54, 1.807) is 18.6 Å². The largest absolute Gasteiger partial charge is 0.298 e. The smallest absolute Gasteiger partial charge is 0.163 e. The SMILES string of the molecule is c1ccc(-c2nc(-c3cc(-c4nc(-c5ccccn5)n5ccccc45)cc(-c4nc(-c5ccccn5)n5ccccc45)c3)c3ccccn23)nc1. The fraction of sp³-hybridized carbons (Fsp3) is 0. The predicted octanol–water partition coefficient (Wildman–Crippen LogP) is 8.82. The monoisotopic (exact) mass is 657 g/mol. The molecule has 0 atom stereocenters. The average Bonchev–Trinajstić information content (AvgIpc) is 3.91. The number of fused-ring (bicyclic) bond motifs is 3. The van der Waals surface area contributed by atoms with Crippen LogP contribution in [-0.4, -0.2) is 43.1 Å². The fourth-order valence-electron chi connectivity index (χ4n) is 6.82. The molecule has 51 heavy (non-hydrogen) atoms. The molecule has 0 saturated heterocycles. The topological polar surface area (TPSA) is 90.6 Å². The summed E-state index contributed by atoms with van der Waals surface area (Å²) in [7, 11) is 0. The van der Waals surface area contributed by atoms with E-state index in [0.29, 0.717) is 0 Å². The highest BCUT2D eigenvalue weighted by molar-refractivity contribution is 5.92. The molecule has 9 nitrogen and oxygen atoms in total. The second-order valence-corrected chi connectivity index (χ2v) is 12.2. The van der Waals surface area contributed by atoms with E-state index >= 15 is 0 Å². The standard InChI is InChI=1S/C42H27N9/c1-7-19-43-31(13-1)40-46-37(34-16-4-10-22-49(34)40)28-25-29(38-35-17-5-11-23-50(35)41(47-38)32-14-2-8-20-44-32)27-30(26-28)39-36-18-6-12-24-51(36)42(48-39)33-15-3-9-21-45-33/h1-27H. The zero-order valence-corrected chi connectivity index (χ0v) is 27.1. The van der Waals surface area contributed by atoms with Crippen molar-refractivity contribution in [2.75, 3.05) is 0 Å². The Kier molecular flexibility index (Phi) is 6.60. The summed E-state index contributed by atoms with van der Waals surface area (Å²) >= 11 is 0. The van der Waals surface area contributed by atoms with Crippen molar-refractivity contribution in [2.45, 2.75) is 0 Å². The van der Waals surface area contributed by atoms with Gasteiger partial charge in [0, 0.05) is 53.9 Å². The van der Waals surface area contributed by atoms with E-state index in [1.165, 1.54) is 0 Å². The third-order valence-electron chi connectivity index (χ3n) is 9.08. The van der Waals surface area contributed by atoms with Crippen molar-refractivity contribution in [3.8, 4) is 68.3 Å². The molecule has 0 spiro atoms. The molecule has 9 aromatic heterocycles. The van der Waals surface area contributed by atoms with Crippen LogP contribution in [-0.2, 0) is 0 Å².